The molecule has 6 heteroatoms. The van der Waals surface area contributed by atoms with E-state index in [0.29, 0.717) is 13.0 Å². The fourth-order valence-corrected chi connectivity index (χ4v) is 2.97. The smallest absolute Gasteiger partial charge is 0.305 e. The fourth-order valence-electron chi connectivity index (χ4n) is 2.97. The monoisotopic (exact) mass is 286 g/mol. The highest BCUT2D eigenvalue weighted by molar-refractivity contribution is 5.83. The summed E-state index contributed by atoms with van der Waals surface area (Å²) in [6, 6.07) is -0.632. The summed E-state index contributed by atoms with van der Waals surface area (Å²) < 4.78 is 4.93. The highest BCUT2D eigenvalue weighted by Gasteiger charge is 2.41. The minimum atomic E-state index is -0.864. The molecule has 0 heterocycles. The molecular formula is C14H26N2O4. The van der Waals surface area contributed by atoms with Crippen molar-refractivity contribution in [3.05, 3.63) is 0 Å². The van der Waals surface area contributed by atoms with Gasteiger partial charge in [0.05, 0.1) is 18.0 Å². The van der Waals surface area contributed by atoms with Crippen LogP contribution < -0.4 is 5.73 Å². The molecule has 0 radical (unpaired) electrons. The summed E-state index contributed by atoms with van der Waals surface area (Å²) >= 11 is 0. The summed E-state index contributed by atoms with van der Waals surface area (Å²) in [6.07, 6.45) is 4.92. The van der Waals surface area contributed by atoms with Gasteiger partial charge in [0.25, 0.3) is 0 Å². The number of carbonyl (C=O) groups is 2. The highest BCUT2D eigenvalue weighted by Crippen LogP contribution is 2.36. The van der Waals surface area contributed by atoms with E-state index >= 15 is 0 Å². The van der Waals surface area contributed by atoms with Crippen molar-refractivity contribution in [1.29, 1.82) is 0 Å². The third kappa shape index (κ3) is 4.18. The van der Waals surface area contributed by atoms with Crippen LogP contribution in [0.3, 0.4) is 0 Å². The molecule has 0 bridgehead atoms. The summed E-state index contributed by atoms with van der Waals surface area (Å²) in [5, 5.41) is 9.15. The van der Waals surface area contributed by atoms with E-state index < -0.39 is 17.6 Å². The van der Waals surface area contributed by atoms with E-state index in [4.69, 9.17) is 15.6 Å². The zero-order valence-electron chi connectivity index (χ0n) is 12.4. The Morgan fingerprint density at radius 1 is 1.35 bits per heavy atom. The Hall–Kier alpha value is -1.14. The minimum absolute atomic E-state index is 0.00770. The zero-order valence-corrected chi connectivity index (χ0v) is 12.4. The molecule has 6 nitrogen and oxygen atoms in total. The Bertz CT molecular complexity index is 340. The maximum atomic E-state index is 12.4. The van der Waals surface area contributed by atoms with Crippen LogP contribution in [0.25, 0.3) is 0 Å². The van der Waals surface area contributed by atoms with Crippen molar-refractivity contribution in [1.82, 2.24) is 4.90 Å². The van der Waals surface area contributed by atoms with Crippen LogP contribution in [0, 0.1) is 0 Å². The summed E-state index contributed by atoms with van der Waals surface area (Å²) in [5.74, 6) is -1.05. The van der Waals surface area contributed by atoms with Crippen LogP contribution >= 0.6 is 0 Å². The average Bonchev–Trinajstić information content (AvgIpc) is 2.43. The van der Waals surface area contributed by atoms with E-state index in [-0.39, 0.29) is 12.3 Å². The second-order valence-electron chi connectivity index (χ2n) is 5.64. The Kier molecular flexibility index (Phi) is 6.42. The first-order valence-electron chi connectivity index (χ1n) is 7.17. The van der Waals surface area contributed by atoms with Gasteiger partial charge in [0.1, 0.15) is 0 Å². The van der Waals surface area contributed by atoms with Gasteiger partial charge in [-0.25, -0.2) is 0 Å². The maximum absolute atomic E-state index is 12.4. The first kappa shape index (κ1) is 16.9. The Morgan fingerprint density at radius 2 is 1.95 bits per heavy atom. The van der Waals surface area contributed by atoms with Gasteiger partial charge in [0, 0.05) is 20.8 Å². The van der Waals surface area contributed by atoms with Crippen molar-refractivity contribution in [3.8, 4) is 0 Å². The van der Waals surface area contributed by atoms with Crippen LogP contribution in [0.15, 0.2) is 0 Å². The van der Waals surface area contributed by atoms with Crippen LogP contribution in [-0.4, -0.2) is 54.2 Å². The number of aliphatic carboxylic acids is 1. The second-order valence-corrected chi connectivity index (χ2v) is 5.64. The molecule has 0 aliphatic heterocycles. The largest absolute Gasteiger partial charge is 0.481 e. The number of nitrogens with zero attached hydrogens (tertiary/aromatic N) is 1. The third-order valence-corrected chi connectivity index (χ3v) is 4.26. The van der Waals surface area contributed by atoms with Gasteiger partial charge >= 0.3 is 5.97 Å². The van der Waals surface area contributed by atoms with Crippen LogP contribution in [0.1, 0.15) is 44.9 Å². The SMILES string of the molecule is COCCC(N)C(=O)N(C)C1(CC(=O)O)CCCCC1. The Labute approximate surface area is 120 Å². The molecule has 1 saturated carbocycles. The standard InChI is InChI=1S/C14H26N2O4/c1-16(13(19)11(15)6-9-20-2)14(10-12(17)18)7-4-3-5-8-14/h11H,3-10,15H2,1-2H3,(H,17,18). The van der Waals surface area contributed by atoms with Gasteiger partial charge in [-0.3, -0.25) is 9.59 Å². The van der Waals surface area contributed by atoms with E-state index in [1.165, 1.54) is 0 Å². The molecular weight excluding hydrogens is 260 g/mol. The first-order chi connectivity index (χ1) is 9.43. The van der Waals surface area contributed by atoms with Crippen molar-refractivity contribution in [2.24, 2.45) is 5.73 Å². The number of ether oxygens (including phenoxy) is 1. The van der Waals surface area contributed by atoms with Gasteiger partial charge in [-0.1, -0.05) is 19.3 Å². The number of amides is 1. The molecule has 1 rings (SSSR count). The Balaban J connectivity index is 2.78. The predicted octanol–water partition coefficient (Wildman–Crippen LogP) is 0.986. The molecule has 3 N–H and O–H groups in total. The number of carboxylic acid groups (broad SMARTS) is 1. The molecule has 116 valence electrons. The lowest BCUT2D eigenvalue weighted by atomic mass is 9.77. The van der Waals surface area contributed by atoms with E-state index in [9.17, 15) is 9.59 Å². The second kappa shape index (κ2) is 7.59. The lowest BCUT2D eigenvalue weighted by molar-refractivity contribution is -0.146. The maximum Gasteiger partial charge on any atom is 0.305 e. The average molecular weight is 286 g/mol. The van der Waals surface area contributed by atoms with E-state index in [1.54, 1.807) is 19.1 Å². The highest BCUT2D eigenvalue weighted by atomic mass is 16.5. The van der Waals surface area contributed by atoms with Gasteiger partial charge in [-0.2, -0.15) is 0 Å². The third-order valence-electron chi connectivity index (χ3n) is 4.26. The molecule has 1 aliphatic rings. The molecule has 1 amide bonds. The Morgan fingerprint density at radius 3 is 2.45 bits per heavy atom. The van der Waals surface area contributed by atoms with Crippen LogP contribution in [-0.2, 0) is 14.3 Å². The zero-order chi connectivity index (χ0) is 15.2. The molecule has 0 spiro atoms. The van der Waals surface area contributed by atoms with Crippen LogP contribution in [0.5, 0.6) is 0 Å². The van der Waals surface area contributed by atoms with Gasteiger partial charge in [0.2, 0.25) is 5.91 Å². The van der Waals surface area contributed by atoms with Crippen molar-refractivity contribution in [2.75, 3.05) is 20.8 Å². The van der Waals surface area contributed by atoms with Crippen molar-refractivity contribution >= 4 is 11.9 Å². The lowest BCUT2D eigenvalue weighted by Gasteiger charge is -2.44. The fraction of sp³-hybridized carbons (Fsp3) is 0.857. The van der Waals surface area contributed by atoms with Crippen molar-refractivity contribution in [2.45, 2.75) is 56.5 Å². The first-order valence-corrected chi connectivity index (χ1v) is 7.17. The van der Waals surface area contributed by atoms with E-state index in [2.05, 4.69) is 0 Å². The molecule has 1 fully saturated rings. The minimum Gasteiger partial charge on any atom is -0.481 e. The van der Waals surface area contributed by atoms with E-state index in [1.807, 2.05) is 0 Å². The normalized spacial score (nSPS) is 19.4. The van der Waals surface area contributed by atoms with Crippen molar-refractivity contribution in [3.63, 3.8) is 0 Å². The molecule has 20 heavy (non-hydrogen) atoms. The van der Waals surface area contributed by atoms with Gasteiger partial charge in [-0.05, 0) is 19.3 Å². The number of rotatable bonds is 7. The summed E-state index contributed by atoms with van der Waals surface area (Å²) in [5.41, 5.74) is 5.30. The molecule has 0 aromatic heterocycles. The molecule has 1 aliphatic carbocycles. The van der Waals surface area contributed by atoms with Gasteiger partial charge in [0.15, 0.2) is 0 Å². The molecule has 0 aromatic rings. The van der Waals surface area contributed by atoms with E-state index in [0.717, 1.165) is 32.1 Å². The molecule has 1 unspecified atom stereocenters. The van der Waals surface area contributed by atoms with Gasteiger partial charge in [-0.15, -0.1) is 0 Å². The number of hydrogen-bond acceptors (Lipinski definition) is 4. The van der Waals surface area contributed by atoms with Crippen molar-refractivity contribution < 1.29 is 19.4 Å². The lowest BCUT2D eigenvalue weighted by Crippen LogP contribution is -2.56. The quantitative estimate of drug-likeness (QED) is 0.728. The number of nitrogens with two attached hydrogens (primary N) is 1. The molecule has 0 saturated heterocycles. The number of carboxylic acids is 1. The summed E-state index contributed by atoms with van der Waals surface area (Å²) in [7, 11) is 3.25. The van der Waals surface area contributed by atoms with Crippen LogP contribution in [0.4, 0.5) is 0 Å². The van der Waals surface area contributed by atoms with Crippen LogP contribution in [0.2, 0.25) is 0 Å². The molecule has 0 aromatic carbocycles. The number of likely N-dealkylation sites (N-methyl/N-ethyl adjacent to an activating group) is 1. The number of carbonyl (C=O) groups excluding carboxylic acids is 1. The number of methoxy groups -OCH3 is 1. The van der Waals surface area contributed by atoms with Gasteiger partial charge < -0.3 is 20.5 Å². The summed E-state index contributed by atoms with van der Waals surface area (Å²) in [4.78, 5) is 25.1. The predicted molar refractivity (Wildman–Crippen MR) is 75.3 cm³/mol. The number of hydrogen-bond donors (Lipinski definition) is 2. The molecule has 1 atom stereocenters. The summed E-state index contributed by atoms with van der Waals surface area (Å²) in [6.45, 7) is 0.423. The topological polar surface area (TPSA) is 92.9 Å².